The van der Waals surface area contributed by atoms with Crippen LogP contribution < -0.4 is 21.5 Å². The largest absolute Gasteiger partial charge is 0.384 e. The fourth-order valence-electron chi connectivity index (χ4n) is 2.45. The summed E-state index contributed by atoms with van der Waals surface area (Å²) in [4.78, 5) is 37.6. The monoisotopic (exact) mass is 298 g/mol. The molecule has 3 rings (SSSR count). The van der Waals surface area contributed by atoms with Gasteiger partial charge in [-0.1, -0.05) is 0 Å². The third-order valence-corrected chi connectivity index (χ3v) is 3.58. The van der Waals surface area contributed by atoms with Gasteiger partial charge in [0.15, 0.2) is 0 Å². The highest BCUT2D eigenvalue weighted by Crippen LogP contribution is 2.23. The molecule has 0 bridgehead atoms. The number of nitrogens with one attached hydrogen (secondary N) is 1. The number of carbonyl (C=O) groups is 2. The molecule has 0 radical (unpaired) electrons. The number of nitrogens with two attached hydrogens (primary N) is 1. The first-order chi connectivity index (χ1) is 10.4. The number of hydrogen-bond acceptors (Lipinski definition) is 5. The maximum absolute atomic E-state index is 12.3. The Kier molecular flexibility index (Phi) is 2.98. The summed E-state index contributed by atoms with van der Waals surface area (Å²) in [6, 6.07) is 8.26. The summed E-state index contributed by atoms with van der Waals surface area (Å²) in [5, 5.41) is 2.14. The maximum atomic E-state index is 12.3. The average molecular weight is 298 g/mol. The molecule has 0 unspecified atom stereocenters. The van der Waals surface area contributed by atoms with E-state index < -0.39 is 17.4 Å². The first-order valence-electron chi connectivity index (χ1n) is 6.59. The van der Waals surface area contributed by atoms with E-state index in [2.05, 4.69) is 5.32 Å². The highest BCUT2D eigenvalue weighted by molar-refractivity contribution is 6.23. The smallest absolute Gasteiger partial charge is 0.262 e. The van der Waals surface area contributed by atoms with Crippen LogP contribution >= 0.6 is 0 Å². The Morgan fingerprint density at radius 1 is 1.05 bits per heavy atom. The molecule has 2 aromatic rings. The molecule has 22 heavy (non-hydrogen) atoms. The Hall–Kier alpha value is -3.09. The van der Waals surface area contributed by atoms with E-state index in [0.29, 0.717) is 5.69 Å². The molecular formula is C15H14N4O3. The maximum Gasteiger partial charge on any atom is 0.262 e. The summed E-state index contributed by atoms with van der Waals surface area (Å²) in [7, 11) is 3.81. The van der Waals surface area contributed by atoms with Crippen LogP contribution in [-0.4, -0.2) is 30.5 Å². The van der Waals surface area contributed by atoms with Gasteiger partial charge in [-0.15, -0.1) is 0 Å². The highest BCUT2D eigenvalue weighted by Gasteiger charge is 2.31. The molecule has 2 heterocycles. The van der Waals surface area contributed by atoms with Crippen LogP contribution in [0.15, 0.2) is 35.1 Å². The number of anilines is 2. The van der Waals surface area contributed by atoms with Crippen LogP contribution in [0.5, 0.6) is 0 Å². The molecule has 7 nitrogen and oxygen atoms in total. The number of pyridine rings is 1. The zero-order chi connectivity index (χ0) is 16.0. The third kappa shape index (κ3) is 1.95. The molecule has 0 saturated heterocycles. The minimum Gasteiger partial charge on any atom is -0.384 e. The number of imide groups is 1. The van der Waals surface area contributed by atoms with Gasteiger partial charge in [0.1, 0.15) is 5.82 Å². The highest BCUT2D eigenvalue weighted by atomic mass is 16.2. The van der Waals surface area contributed by atoms with Crippen LogP contribution in [0, 0.1) is 0 Å². The molecule has 3 N–H and O–H groups in total. The molecule has 0 saturated carbocycles. The van der Waals surface area contributed by atoms with Crippen molar-refractivity contribution in [2.45, 2.75) is 0 Å². The second-order valence-electron chi connectivity index (χ2n) is 5.19. The standard InChI is InChI=1S/C15H14N4O3/c1-18(2)8-3-5-9(6-4-8)19-11(20)7-10-12(13(19)16)15(22)17-14(10)21/h3-7H,16H2,1-2H3,(H,17,21,22). The van der Waals surface area contributed by atoms with Crippen molar-refractivity contribution in [3.8, 4) is 5.69 Å². The summed E-state index contributed by atoms with van der Waals surface area (Å²) in [6.07, 6.45) is 0. The predicted octanol–water partition coefficient (Wildman–Crippen LogP) is 0.369. The van der Waals surface area contributed by atoms with Crippen LogP contribution in [0.4, 0.5) is 11.5 Å². The molecule has 2 amide bonds. The second kappa shape index (κ2) is 4.73. The van der Waals surface area contributed by atoms with Crippen molar-refractivity contribution in [1.82, 2.24) is 9.88 Å². The van der Waals surface area contributed by atoms with Gasteiger partial charge < -0.3 is 10.6 Å². The van der Waals surface area contributed by atoms with Crippen molar-refractivity contribution in [3.05, 3.63) is 51.8 Å². The lowest BCUT2D eigenvalue weighted by Crippen LogP contribution is -2.24. The van der Waals surface area contributed by atoms with Crippen LogP contribution in [0.1, 0.15) is 20.7 Å². The Balaban J connectivity index is 2.20. The number of fused-ring (bicyclic) bond motifs is 1. The van der Waals surface area contributed by atoms with Crippen molar-refractivity contribution in [1.29, 1.82) is 0 Å². The lowest BCUT2D eigenvalue weighted by atomic mass is 10.1. The van der Waals surface area contributed by atoms with Crippen LogP contribution in [0.3, 0.4) is 0 Å². The number of hydrogen-bond donors (Lipinski definition) is 2. The Morgan fingerprint density at radius 2 is 1.68 bits per heavy atom. The predicted molar refractivity (Wildman–Crippen MR) is 82.6 cm³/mol. The van der Waals surface area contributed by atoms with Gasteiger partial charge in [-0.3, -0.25) is 24.3 Å². The van der Waals surface area contributed by atoms with Crippen LogP contribution in [-0.2, 0) is 0 Å². The number of benzene rings is 1. The topological polar surface area (TPSA) is 97.4 Å². The van der Waals surface area contributed by atoms with E-state index in [1.807, 2.05) is 31.1 Å². The fraction of sp³-hybridized carbons (Fsp3) is 0.133. The summed E-state index contributed by atoms with van der Waals surface area (Å²) >= 11 is 0. The molecule has 0 aliphatic carbocycles. The Morgan fingerprint density at radius 3 is 2.27 bits per heavy atom. The number of amides is 2. The van der Waals surface area contributed by atoms with Crippen molar-refractivity contribution < 1.29 is 9.59 Å². The third-order valence-electron chi connectivity index (χ3n) is 3.58. The second-order valence-corrected chi connectivity index (χ2v) is 5.19. The molecule has 0 atom stereocenters. The number of rotatable bonds is 2. The van der Waals surface area contributed by atoms with Gasteiger partial charge in [0, 0.05) is 25.8 Å². The number of nitrogen functional groups attached to an aromatic ring is 1. The Labute approximate surface area is 126 Å². The van der Waals surface area contributed by atoms with Crippen molar-refractivity contribution in [3.63, 3.8) is 0 Å². The van der Waals surface area contributed by atoms with Crippen molar-refractivity contribution in [2.24, 2.45) is 0 Å². The quantitative estimate of drug-likeness (QED) is 0.781. The lowest BCUT2D eigenvalue weighted by Gasteiger charge is -2.15. The summed E-state index contributed by atoms with van der Waals surface area (Å²) in [5.74, 6) is -1.22. The summed E-state index contributed by atoms with van der Waals surface area (Å²) in [5.41, 5.74) is 7.06. The number of aromatic nitrogens is 1. The van der Waals surface area contributed by atoms with Gasteiger partial charge in [0.05, 0.1) is 16.8 Å². The molecule has 1 aromatic heterocycles. The zero-order valence-electron chi connectivity index (χ0n) is 12.1. The molecular weight excluding hydrogens is 284 g/mol. The molecule has 1 aliphatic heterocycles. The Bertz CT molecular complexity index is 850. The SMILES string of the molecule is CN(C)c1ccc(-n2c(N)c3c(cc2=O)C(=O)NC3=O)cc1. The minimum absolute atomic E-state index is 0.0219. The van der Waals surface area contributed by atoms with E-state index in [1.54, 1.807) is 12.1 Å². The summed E-state index contributed by atoms with van der Waals surface area (Å²) < 4.78 is 1.22. The molecule has 7 heteroatoms. The first-order valence-corrected chi connectivity index (χ1v) is 6.59. The van der Waals surface area contributed by atoms with Gasteiger partial charge in [-0.25, -0.2) is 0 Å². The molecule has 1 aromatic carbocycles. The van der Waals surface area contributed by atoms with Gasteiger partial charge in [-0.2, -0.15) is 0 Å². The van der Waals surface area contributed by atoms with Gasteiger partial charge in [0.2, 0.25) is 0 Å². The van der Waals surface area contributed by atoms with Crippen molar-refractivity contribution in [2.75, 3.05) is 24.7 Å². The molecule has 0 spiro atoms. The van der Waals surface area contributed by atoms with Gasteiger partial charge in [-0.05, 0) is 24.3 Å². The fourth-order valence-corrected chi connectivity index (χ4v) is 2.45. The van der Waals surface area contributed by atoms with Gasteiger partial charge >= 0.3 is 0 Å². The molecule has 112 valence electrons. The van der Waals surface area contributed by atoms with Crippen LogP contribution in [0.2, 0.25) is 0 Å². The number of nitrogens with zero attached hydrogens (tertiary/aromatic N) is 2. The molecule has 1 aliphatic rings. The van der Waals surface area contributed by atoms with Gasteiger partial charge in [0.25, 0.3) is 17.4 Å². The van der Waals surface area contributed by atoms with E-state index in [1.165, 1.54) is 4.57 Å². The van der Waals surface area contributed by atoms with E-state index >= 15 is 0 Å². The minimum atomic E-state index is -0.598. The van der Waals surface area contributed by atoms with E-state index in [0.717, 1.165) is 11.8 Å². The van der Waals surface area contributed by atoms with E-state index in [9.17, 15) is 14.4 Å². The zero-order valence-corrected chi connectivity index (χ0v) is 12.1. The van der Waals surface area contributed by atoms with Crippen LogP contribution in [0.25, 0.3) is 5.69 Å². The normalized spacial score (nSPS) is 13.0. The molecule has 0 fully saturated rings. The van der Waals surface area contributed by atoms with Crippen molar-refractivity contribution >= 4 is 23.3 Å². The number of carbonyl (C=O) groups excluding carboxylic acids is 2. The lowest BCUT2D eigenvalue weighted by molar-refractivity contribution is 0.0880. The first kappa shape index (κ1) is 13.9. The average Bonchev–Trinajstić information content (AvgIpc) is 2.74. The summed E-state index contributed by atoms with van der Waals surface area (Å²) in [6.45, 7) is 0. The van der Waals surface area contributed by atoms with E-state index in [-0.39, 0.29) is 16.9 Å². The van der Waals surface area contributed by atoms with E-state index in [4.69, 9.17) is 5.73 Å².